The van der Waals surface area contributed by atoms with Crippen LogP contribution in [0.2, 0.25) is 0 Å². The van der Waals surface area contributed by atoms with Gasteiger partial charge in [0.05, 0.1) is 11.8 Å². The normalized spacial score (nSPS) is 10.9. The van der Waals surface area contributed by atoms with Crippen molar-refractivity contribution < 1.29 is 4.39 Å². The molecule has 15 heavy (non-hydrogen) atoms. The maximum Gasteiger partial charge on any atom is 0.184 e. The summed E-state index contributed by atoms with van der Waals surface area (Å²) in [5, 5.41) is 6.75. The van der Waals surface area contributed by atoms with Crippen LogP contribution in [0.5, 0.6) is 0 Å². The maximum absolute atomic E-state index is 13.3. The Morgan fingerprint density at radius 3 is 2.80 bits per heavy atom. The molecular formula is C10H11FN4. The summed E-state index contributed by atoms with van der Waals surface area (Å²) in [5.74, 6) is 0.961. The number of aromatic amines is 1. The minimum Gasteiger partial charge on any atom is -0.262 e. The lowest BCUT2D eigenvalue weighted by molar-refractivity contribution is 0.623. The summed E-state index contributed by atoms with van der Waals surface area (Å²) < 4.78 is 13.3. The van der Waals surface area contributed by atoms with Crippen LogP contribution in [0.15, 0.2) is 18.5 Å². The van der Waals surface area contributed by atoms with Crippen LogP contribution in [0, 0.1) is 5.82 Å². The summed E-state index contributed by atoms with van der Waals surface area (Å²) in [4.78, 5) is 7.88. The van der Waals surface area contributed by atoms with Crippen molar-refractivity contribution in [2.45, 2.75) is 19.8 Å². The smallest absolute Gasteiger partial charge is 0.184 e. The van der Waals surface area contributed by atoms with E-state index in [4.69, 9.17) is 0 Å². The summed E-state index contributed by atoms with van der Waals surface area (Å²) in [7, 11) is 0. The molecule has 0 aliphatic rings. The summed E-state index contributed by atoms with van der Waals surface area (Å²) in [5.41, 5.74) is 0.369. The van der Waals surface area contributed by atoms with E-state index in [1.54, 1.807) is 6.07 Å². The number of nitrogens with one attached hydrogen (secondary N) is 1. The zero-order valence-corrected chi connectivity index (χ0v) is 8.53. The first-order valence-electron chi connectivity index (χ1n) is 4.70. The van der Waals surface area contributed by atoms with Crippen LogP contribution in [0.3, 0.4) is 0 Å². The molecule has 2 heterocycles. The Morgan fingerprint density at radius 2 is 2.20 bits per heavy atom. The lowest BCUT2D eigenvalue weighted by Crippen LogP contribution is -1.90. The highest BCUT2D eigenvalue weighted by atomic mass is 19.1. The van der Waals surface area contributed by atoms with Gasteiger partial charge in [0.1, 0.15) is 5.82 Å². The van der Waals surface area contributed by atoms with Crippen molar-refractivity contribution in [2.75, 3.05) is 0 Å². The molecule has 0 aliphatic carbocycles. The van der Waals surface area contributed by atoms with Crippen molar-refractivity contribution >= 4 is 0 Å². The first-order chi connectivity index (χ1) is 7.18. The van der Waals surface area contributed by atoms with Crippen LogP contribution in [0.4, 0.5) is 4.39 Å². The fraction of sp³-hybridized carbons (Fsp3) is 0.300. The van der Waals surface area contributed by atoms with Gasteiger partial charge in [-0.1, -0.05) is 13.8 Å². The molecule has 2 aromatic rings. The van der Waals surface area contributed by atoms with Crippen LogP contribution < -0.4 is 0 Å². The van der Waals surface area contributed by atoms with E-state index in [-0.39, 0.29) is 5.92 Å². The Labute approximate surface area is 86.6 Å². The largest absolute Gasteiger partial charge is 0.262 e. The maximum atomic E-state index is 13.3. The average molecular weight is 206 g/mol. The van der Waals surface area contributed by atoms with Gasteiger partial charge >= 0.3 is 0 Å². The van der Waals surface area contributed by atoms with E-state index < -0.39 is 5.82 Å². The Morgan fingerprint density at radius 1 is 1.40 bits per heavy atom. The Hall–Kier alpha value is -1.78. The van der Waals surface area contributed by atoms with E-state index in [0.717, 1.165) is 12.0 Å². The van der Waals surface area contributed by atoms with Gasteiger partial charge in [-0.05, 0) is 6.07 Å². The molecule has 0 aliphatic heterocycles. The van der Waals surface area contributed by atoms with Gasteiger partial charge in [-0.3, -0.25) is 10.1 Å². The fourth-order valence-electron chi connectivity index (χ4n) is 1.21. The molecule has 0 saturated carbocycles. The number of aromatic nitrogens is 4. The van der Waals surface area contributed by atoms with Gasteiger partial charge in [0, 0.05) is 12.1 Å². The van der Waals surface area contributed by atoms with Gasteiger partial charge in [0.25, 0.3) is 0 Å². The lowest BCUT2D eigenvalue weighted by atomic mass is 10.2. The SMILES string of the molecule is CC(C)c1nc(-c2ccncc2F)n[nH]1. The molecule has 5 heteroatoms. The number of hydrogen-bond donors (Lipinski definition) is 1. The van der Waals surface area contributed by atoms with E-state index in [9.17, 15) is 4.39 Å². The minimum atomic E-state index is -0.410. The van der Waals surface area contributed by atoms with E-state index in [0.29, 0.717) is 11.4 Å². The summed E-state index contributed by atoms with van der Waals surface area (Å²) in [6.07, 6.45) is 2.67. The molecule has 0 unspecified atom stereocenters. The predicted molar refractivity (Wildman–Crippen MR) is 53.7 cm³/mol. The molecule has 4 nitrogen and oxygen atoms in total. The highest BCUT2D eigenvalue weighted by Crippen LogP contribution is 2.19. The Balaban J connectivity index is 2.42. The number of H-pyrrole nitrogens is 1. The number of halogens is 1. The van der Waals surface area contributed by atoms with Crippen LogP contribution in [-0.2, 0) is 0 Å². The molecule has 0 fully saturated rings. The van der Waals surface area contributed by atoms with E-state index >= 15 is 0 Å². The van der Waals surface area contributed by atoms with Gasteiger partial charge in [0.15, 0.2) is 11.6 Å². The first-order valence-corrected chi connectivity index (χ1v) is 4.70. The average Bonchev–Trinajstić information content (AvgIpc) is 2.67. The predicted octanol–water partition coefficient (Wildman–Crippen LogP) is 2.13. The molecule has 0 bridgehead atoms. The van der Waals surface area contributed by atoms with Crippen LogP contribution in [-0.4, -0.2) is 20.2 Å². The summed E-state index contributed by atoms with van der Waals surface area (Å²) >= 11 is 0. The minimum absolute atomic E-state index is 0.246. The second kappa shape index (κ2) is 3.76. The van der Waals surface area contributed by atoms with Crippen LogP contribution in [0.25, 0.3) is 11.4 Å². The molecule has 0 radical (unpaired) electrons. The van der Waals surface area contributed by atoms with Crippen molar-refractivity contribution in [2.24, 2.45) is 0 Å². The van der Waals surface area contributed by atoms with Crippen LogP contribution >= 0.6 is 0 Å². The van der Waals surface area contributed by atoms with Gasteiger partial charge < -0.3 is 0 Å². The summed E-state index contributed by atoms with van der Waals surface area (Å²) in [6.45, 7) is 3.99. The molecule has 2 aromatic heterocycles. The molecule has 0 atom stereocenters. The summed E-state index contributed by atoms with van der Waals surface area (Å²) in [6, 6.07) is 1.56. The van der Waals surface area contributed by atoms with Crippen molar-refractivity contribution in [1.82, 2.24) is 20.2 Å². The number of rotatable bonds is 2. The van der Waals surface area contributed by atoms with Crippen molar-refractivity contribution in [3.8, 4) is 11.4 Å². The number of nitrogens with zero attached hydrogens (tertiary/aromatic N) is 3. The highest BCUT2D eigenvalue weighted by molar-refractivity contribution is 5.54. The van der Waals surface area contributed by atoms with Gasteiger partial charge in [-0.15, -0.1) is 0 Å². The second-order valence-corrected chi connectivity index (χ2v) is 3.55. The van der Waals surface area contributed by atoms with Crippen molar-refractivity contribution in [3.05, 3.63) is 30.1 Å². The quantitative estimate of drug-likeness (QED) is 0.818. The molecule has 78 valence electrons. The third kappa shape index (κ3) is 1.86. The first kappa shape index (κ1) is 9.76. The number of hydrogen-bond acceptors (Lipinski definition) is 3. The Kier molecular flexibility index (Phi) is 2.45. The third-order valence-electron chi connectivity index (χ3n) is 2.06. The molecule has 0 spiro atoms. The van der Waals surface area contributed by atoms with Crippen molar-refractivity contribution in [3.63, 3.8) is 0 Å². The molecule has 2 rings (SSSR count). The van der Waals surface area contributed by atoms with Crippen molar-refractivity contribution in [1.29, 1.82) is 0 Å². The van der Waals surface area contributed by atoms with E-state index in [1.165, 1.54) is 6.20 Å². The van der Waals surface area contributed by atoms with Gasteiger partial charge in [-0.25, -0.2) is 9.37 Å². The Bertz CT molecular complexity index is 464. The molecule has 0 aromatic carbocycles. The second-order valence-electron chi connectivity index (χ2n) is 3.55. The van der Waals surface area contributed by atoms with E-state index in [2.05, 4.69) is 20.2 Å². The lowest BCUT2D eigenvalue weighted by Gasteiger charge is -1.96. The monoisotopic (exact) mass is 206 g/mol. The zero-order chi connectivity index (χ0) is 10.8. The standard InChI is InChI=1S/C10H11FN4/c1-6(2)9-13-10(15-14-9)7-3-4-12-5-8(7)11/h3-6H,1-2H3,(H,13,14,15). The highest BCUT2D eigenvalue weighted by Gasteiger charge is 2.11. The van der Waals surface area contributed by atoms with E-state index in [1.807, 2.05) is 13.8 Å². The van der Waals surface area contributed by atoms with Gasteiger partial charge in [0.2, 0.25) is 0 Å². The molecule has 1 N–H and O–H groups in total. The zero-order valence-electron chi connectivity index (χ0n) is 8.53. The number of pyridine rings is 1. The fourth-order valence-corrected chi connectivity index (χ4v) is 1.21. The van der Waals surface area contributed by atoms with Crippen LogP contribution in [0.1, 0.15) is 25.6 Å². The van der Waals surface area contributed by atoms with Gasteiger partial charge in [-0.2, -0.15) is 5.10 Å². The third-order valence-corrected chi connectivity index (χ3v) is 2.06. The molecular weight excluding hydrogens is 195 g/mol. The molecule has 0 saturated heterocycles. The topological polar surface area (TPSA) is 54.5 Å². The molecule has 0 amide bonds.